The van der Waals surface area contributed by atoms with Crippen LogP contribution in [0.2, 0.25) is 0 Å². The molecule has 1 aliphatic carbocycles. The summed E-state index contributed by atoms with van der Waals surface area (Å²) in [5.74, 6) is -2.36. The molecule has 0 aromatic carbocycles. The van der Waals surface area contributed by atoms with E-state index in [1.165, 1.54) is 12.3 Å². The molecule has 2 heterocycles. The molecule has 0 radical (unpaired) electrons. The lowest BCUT2D eigenvalue weighted by Gasteiger charge is -2.47. The number of nitro groups is 1. The maximum absolute atomic E-state index is 12.3. The lowest BCUT2D eigenvalue weighted by molar-refractivity contribution is -0.551. The zero-order valence-electron chi connectivity index (χ0n) is 11.5. The molecular formula is C13H15NO7. The fourth-order valence-corrected chi connectivity index (χ4v) is 3.03. The van der Waals surface area contributed by atoms with Crippen molar-refractivity contribution >= 4 is 5.78 Å². The number of ether oxygens (including phenoxy) is 2. The van der Waals surface area contributed by atoms with E-state index in [0.717, 1.165) is 0 Å². The molecule has 2 aliphatic rings. The van der Waals surface area contributed by atoms with Crippen LogP contribution in [0.1, 0.15) is 25.5 Å². The van der Waals surface area contributed by atoms with Crippen molar-refractivity contribution in [3.05, 3.63) is 34.3 Å². The average Bonchev–Trinajstić information content (AvgIpc) is 2.89. The molecule has 21 heavy (non-hydrogen) atoms. The zero-order valence-corrected chi connectivity index (χ0v) is 11.5. The van der Waals surface area contributed by atoms with E-state index < -0.39 is 46.8 Å². The summed E-state index contributed by atoms with van der Waals surface area (Å²) in [7, 11) is 0. The van der Waals surface area contributed by atoms with E-state index in [0.29, 0.717) is 0 Å². The summed E-state index contributed by atoms with van der Waals surface area (Å²) in [6.07, 6.45) is -2.54. The average molecular weight is 297 g/mol. The summed E-state index contributed by atoms with van der Waals surface area (Å²) < 4.78 is 16.2. The number of hydrogen-bond donors (Lipinski definition) is 1. The first-order valence-corrected chi connectivity index (χ1v) is 6.56. The minimum Gasteiger partial charge on any atom is -0.469 e. The second-order valence-electron chi connectivity index (χ2n) is 5.69. The van der Waals surface area contributed by atoms with Gasteiger partial charge < -0.3 is 19.0 Å². The molecule has 3 rings (SSSR count). The third-order valence-corrected chi connectivity index (χ3v) is 3.85. The summed E-state index contributed by atoms with van der Waals surface area (Å²) >= 11 is 0. The van der Waals surface area contributed by atoms with Crippen LogP contribution >= 0.6 is 0 Å². The molecule has 8 nitrogen and oxygen atoms in total. The van der Waals surface area contributed by atoms with E-state index in [9.17, 15) is 20.0 Å². The minimum absolute atomic E-state index is 0.241. The second kappa shape index (κ2) is 4.62. The summed E-state index contributed by atoms with van der Waals surface area (Å²) in [5.41, 5.74) is 0. The number of aliphatic hydroxyl groups is 1. The number of Topliss-reactive ketones (excluding diaryl/α,β-unsaturated/α-hetero) is 1. The smallest absolute Gasteiger partial charge is 0.254 e. The van der Waals surface area contributed by atoms with E-state index in [2.05, 4.69) is 0 Å². The van der Waals surface area contributed by atoms with Crippen LogP contribution in [-0.2, 0) is 14.3 Å². The maximum atomic E-state index is 12.3. The van der Waals surface area contributed by atoms with Crippen molar-refractivity contribution in [3.8, 4) is 0 Å². The number of ketones is 1. The molecule has 2 bridgehead atoms. The van der Waals surface area contributed by atoms with Crippen molar-refractivity contribution in [2.75, 3.05) is 0 Å². The van der Waals surface area contributed by atoms with Gasteiger partial charge in [-0.1, -0.05) is 0 Å². The van der Waals surface area contributed by atoms with Crippen LogP contribution in [-0.4, -0.2) is 46.0 Å². The Morgan fingerprint density at radius 1 is 1.33 bits per heavy atom. The van der Waals surface area contributed by atoms with Gasteiger partial charge in [0.1, 0.15) is 17.8 Å². The third kappa shape index (κ3) is 2.15. The standard InChI is InChI=1S/C13H15NO7/c1-13(2)20-11-7(6-4-3-5-19-6)8(14(17)18)9(15)12(21-13)10(11)16/h3-5,7-9,11-12,15H,1-2H3/t7-,8-,9-,11-,12+/m0/s1. The van der Waals surface area contributed by atoms with Crippen molar-refractivity contribution < 1.29 is 28.7 Å². The fraction of sp³-hybridized carbons (Fsp3) is 0.615. The minimum atomic E-state index is -1.55. The quantitative estimate of drug-likeness (QED) is 0.623. The molecule has 114 valence electrons. The Kier molecular flexibility index (Phi) is 3.12. The number of furan rings is 1. The predicted octanol–water partition coefficient (Wildman–Crippen LogP) is 0.472. The molecule has 8 heteroatoms. The molecular weight excluding hydrogens is 282 g/mol. The molecule has 1 saturated heterocycles. The number of aliphatic hydroxyl groups excluding tert-OH is 1. The van der Waals surface area contributed by atoms with Gasteiger partial charge in [0.15, 0.2) is 23.8 Å². The van der Waals surface area contributed by atoms with Crippen LogP contribution in [0.3, 0.4) is 0 Å². The SMILES string of the molecule is CC1(C)O[C@@H]2C(=O)[C@H](O1)[C@@H](O)[C@@H]([N+](=O)[O-])[C@@H]2c1ccco1. The Morgan fingerprint density at radius 3 is 2.57 bits per heavy atom. The van der Waals surface area contributed by atoms with Crippen molar-refractivity contribution in [1.82, 2.24) is 0 Å². The van der Waals surface area contributed by atoms with Gasteiger partial charge in [0.25, 0.3) is 6.04 Å². The first-order valence-electron chi connectivity index (χ1n) is 6.56. The van der Waals surface area contributed by atoms with Gasteiger partial charge >= 0.3 is 0 Å². The van der Waals surface area contributed by atoms with Gasteiger partial charge in [-0.25, -0.2) is 0 Å². The third-order valence-electron chi connectivity index (χ3n) is 3.85. The monoisotopic (exact) mass is 297 g/mol. The molecule has 5 atom stereocenters. The molecule has 2 fully saturated rings. The number of carbonyl (C=O) groups excluding carboxylic acids is 1. The van der Waals surface area contributed by atoms with Gasteiger partial charge in [-0.05, 0) is 26.0 Å². The van der Waals surface area contributed by atoms with Gasteiger partial charge in [-0.2, -0.15) is 0 Å². The van der Waals surface area contributed by atoms with Gasteiger partial charge in [0.05, 0.1) is 6.26 Å². The predicted molar refractivity (Wildman–Crippen MR) is 67.1 cm³/mol. The van der Waals surface area contributed by atoms with Crippen LogP contribution in [0.25, 0.3) is 0 Å². The van der Waals surface area contributed by atoms with Gasteiger partial charge in [0, 0.05) is 4.92 Å². The van der Waals surface area contributed by atoms with Crippen LogP contribution in [0.15, 0.2) is 22.8 Å². The van der Waals surface area contributed by atoms with E-state index in [1.54, 1.807) is 19.9 Å². The molecule has 1 aromatic rings. The van der Waals surface area contributed by atoms with Gasteiger partial charge in [0.2, 0.25) is 0 Å². The number of fused-ring (bicyclic) bond motifs is 2. The molecule has 1 aromatic heterocycles. The topological polar surface area (TPSA) is 112 Å². The lowest BCUT2D eigenvalue weighted by Crippen LogP contribution is -2.67. The Bertz CT molecular complexity index is 567. The normalized spacial score (nSPS) is 38.2. The zero-order chi connectivity index (χ0) is 15.4. The van der Waals surface area contributed by atoms with Crippen LogP contribution in [0.5, 0.6) is 0 Å². The van der Waals surface area contributed by atoms with E-state index in [4.69, 9.17) is 13.9 Å². The second-order valence-corrected chi connectivity index (χ2v) is 5.69. The first-order chi connectivity index (χ1) is 9.82. The van der Waals surface area contributed by atoms with E-state index in [-0.39, 0.29) is 5.76 Å². The lowest BCUT2D eigenvalue weighted by atomic mass is 9.75. The summed E-state index contributed by atoms with van der Waals surface area (Å²) in [4.78, 5) is 23.0. The first kappa shape index (κ1) is 14.2. The van der Waals surface area contributed by atoms with Crippen LogP contribution in [0.4, 0.5) is 0 Å². The Balaban J connectivity index is 2.09. The van der Waals surface area contributed by atoms with E-state index >= 15 is 0 Å². The summed E-state index contributed by atoms with van der Waals surface area (Å²) in [6.45, 7) is 3.19. The Labute approximate surface area is 119 Å². The highest BCUT2D eigenvalue weighted by molar-refractivity contribution is 5.90. The van der Waals surface area contributed by atoms with Crippen LogP contribution in [0, 0.1) is 10.1 Å². The van der Waals surface area contributed by atoms with Crippen molar-refractivity contribution in [2.24, 2.45) is 0 Å². The Morgan fingerprint density at radius 2 is 2.00 bits per heavy atom. The molecule has 1 N–H and O–H groups in total. The van der Waals surface area contributed by atoms with Crippen molar-refractivity contribution in [2.45, 2.75) is 49.9 Å². The highest BCUT2D eigenvalue weighted by Gasteiger charge is 2.63. The van der Waals surface area contributed by atoms with Crippen LogP contribution < -0.4 is 0 Å². The number of rotatable bonds is 2. The molecule has 1 aliphatic heterocycles. The molecule has 0 spiro atoms. The highest BCUT2D eigenvalue weighted by Crippen LogP contribution is 2.42. The largest absolute Gasteiger partial charge is 0.469 e. The van der Waals surface area contributed by atoms with Crippen molar-refractivity contribution in [3.63, 3.8) is 0 Å². The maximum Gasteiger partial charge on any atom is 0.254 e. The van der Waals surface area contributed by atoms with E-state index in [1.807, 2.05) is 0 Å². The van der Waals surface area contributed by atoms with Gasteiger partial charge in [-0.3, -0.25) is 14.9 Å². The Hall–Kier alpha value is -1.77. The number of carbonyl (C=O) groups is 1. The molecule has 1 saturated carbocycles. The molecule has 0 unspecified atom stereocenters. The molecule has 0 amide bonds. The van der Waals surface area contributed by atoms with Gasteiger partial charge in [-0.15, -0.1) is 0 Å². The summed E-state index contributed by atoms with van der Waals surface area (Å²) in [6, 6.07) is 1.67. The highest BCUT2D eigenvalue weighted by atomic mass is 16.7. The number of hydrogen-bond acceptors (Lipinski definition) is 7. The summed E-state index contributed by atoms with van der Waals surface area (Å²) in [5, 5.41) is 21.6. The number of nitrogens with zero attached hydrogens (tertiary/aromatic N) is 1. The van der Waals surface area contributed by atoms with Crippen molar-refractivity contribution in [1.29, 1.82) is 0 Å². The fourth-order valence-electron chi connectivity index (χ4n) is 3.03.